The Labute approximate surface area is 218 Å². The standard InChI is InChI=1S/C29H35N5O3/c1-4-22(2)34(29(36)23-10-6-5-7-11-23)21-28(35)33-17-9-16-32(18-19-33)27-15-14-26(30-31-27)24-12-8-13-25(20-24)37-3/h5-8,10-15,20,22H,4,9,16-19,21H2,1-3H3. The molecule has 8 nitrogen and oxygen atoms in total. The number of methoxy groups -OCH3 is 1. The van der Waals surface area contributed by atoms with Crippen LogP contribution in [0.25, 0.3) is 11.3 Å². The predicted molar refractivity (Wildman–Crippen MR) is 145 cm³/mol. The van der Waals surface area contributed by atoms with Crippen LogP contribution in [0, 0.1) is 0 Å². The summed E-state index contributed by atoms with van der Waals surface area (Å²) in [5.41, 5.74) is 2.33. The van der Waals surface area contributed by atoms with Gasteiger partial charge in [0.1, 0.15) is 12.3 Å². The lowest BCUT2D eigenvalue weighted by molar-refractivity contribution is -0.132. The van der Waals surface area contributed by atoms with Gasteiger partial charge in [-0.3, -0.25) is 9.59 Å². The molecule has 0 saturated carbocycles. The van der Waals surface area contributed by atoms with Gasteiger partial charge in [0.05, 0.1) is 12.8 Å². The third kappa shape index (κ3) is 6.44. The number of rotatable bonds is 8. The highest BCUT2D eigenvalue weighted by molar-refractivity contribution is 5.96. The molecule has 1 aliphatic rings. The van der Waals surface area contributed by atoms with Gasteiger partial charge in [-0.1, -0.05) is 37.3 Å². The molecule has 1 unspecified atom stereocenters. The van der Waals surface area contributed by atoms with Gasteiger partial charge in [0, 0.05) is 43.3 Å². The van der Waals surface area contributed by atoms with Crippen LogP contribution in [0.5, 0.6) is 5.75 Å². The van der Waals surface area contributed by atoms with Crippen molar-refractivity contribution in [2.75, 3.05) is 44.7 Å². The maximum atomic E-state index is 13.3. The van der Waals surface area contributed by atoms with E-state index in [1.54, 1.807) is 24.1 Å². The van der Waals surface area contributed by atoms with Crippen molar-refractivity contribution in [1.29, 1.82) is 0 Å². The minimum Gasteiger partial charge on any atom is -0.497 e. The van der Waals surface area contributed by atoms with E-state index in [0.717, 1.165) is 42.2 Å². The number of hydrogen-bond donors (Lipinski definition) is 0. The normalized spacial score (nSPS) is 14.6. The zero-order valence-corrected chi connectivity index (χ0v) is 21.8. The highest BCUT2D eigenvalue weighted by Crippen LogP contribution is 2.23. The summed E-state index contributed by atoms with van der Waals surface area (Å²) in [5, 5.41) is 8.89. The number of nitrogens with zero attached hydrogens (tertiary/aromatic N) is 5. The van der Waals surface area contributed by atoms with Crippen LogP contribution in [-0.4, -0.2) is 77.7 Å². The molecule has 0 aliphatic carbocycles. The number of carbonyl (C=O) groups is 2. The van der Waals surface area contributed by atoms with E-state index in [1.807, 2.05) is 73.3 Å². The first-order valence-electron chi connectivity index (χ1n) is 12.9. The SMILES string of the molecule is CCC(C)N(CC(=O)N1CCCN(c2ccc(-c3cccc(OC)c3)nn2)CC1)C(=O)c1ccccc1. The van der Waals surface area contributed by atoms with E-state index < -0.39 is 0 Å². The molecule has 1 fully saturated rings. The van der Waals surface area contributed by atoms with Crippen molar-refractivity contribution in [3.63, 3.8) is 0 Å². The van der Waals surface area contributed by atoms with E-state index in [4.69, 9.17) is 4.74 Å². The Balaban J connectivity index is 1.39. The molecule has 1 aliphatic heterocycles. The minimum atomic E-state index is -0.105. The molecule has 1 saturated heterocycles. The lowest BCUT2D eigenvalue weighted by Crippen LogP contribution is -2.47. The summed E-state index contributed by atoms with van der Waals surface area (Å²) in [6, 6.07) is 20.8. The van der Waals surface area contributed by atoms with Crippen LogP contribution in [0.2, 0.25) is 0 Å². The number of benzene rings is 2. The molecule has 1 aromatic heterocycles. The molecule has 0 radical (unpaired) electrons. The van der Waals surface area contributed by atoms with Gasteiger partial charge in [0.25, 0.3) is 5.91 Å². The van der Waals surface area contributed by atoms with Crippen molar-refractivity contribution < 1.29 is 14.3 Å². The van der Waals surface area contributed by atoms with Crippen molar-refractivity contribution in [2.24, 2.45) is 0 Å². The van der Waals surface area contributed by atoms with Crippen molar-refractivity contribution >= 4 is 17.6 Å². The van der Waals surface area contributed by atoms with E-state index in [9.17, 15) is 9.59 Å². The molecule has 8 heteroatoms. The molecule has 3 aromatic rings. The maximum Gasteiger partial charge on any atom is 0.254 e. The molecule has 0 spiro atoms. The van der Waals surface area contributed by atoms with Crippen LogP contribution in [0.4, 0.5) is 5.82 Å². The molecule has 37 heavy (non-hydrogen) atoms. The maximum absolute atomic E-state index is 13.3. The fraction of sp³-hybridized carbons (Fsp3) is 0.379. The minimum absolute atomic E-state index is 0.0223. The number of amides is 2. The van der Waals surface area contributed by atoms with Crippen LogP contribution in [-0.2, 0) is 4.79 Å². The van der Waals surface area contributed by atoms with Crippen molar-refractivity contribution in [1.82, 2.24) is 20.0 Å². The number of carbonyl (C=O) groups excluding carboxylic acids is 2. The number of hydrogen-bond acceptors (Lipinski definition) is 6. The Bertz CT molecular complexity index is 1190. The second-order valence-corrected chi connectivity index (χ2v) is 9.29. The topological polar surface area (TPSA) is 78.9 Å². The molecular weight excluding hydrogens is 466 g/mol. The summed E-state index contributed by atoms with van der Waals surface area (Å²) in [4.78, 5) is 32.2. The first-order chi connectivity index (χ1) is 18.0. The van der Waals surface area contributed by atoms with Crippen molar-refractivity contribution in [3.05, 3.63) is 72.3 Å². The van der Waals surface area contributed by atoms with Gasteiger partial charge < -0.3 is 19.4 Å². The second-order valence-electron chi connectivity index (χ2n) is 9.29. The van der Waals surface area contributed by atoms with Crippen LogP contribution in [0.1, 0.15) is 37.0 Å². The smallest absolute Gasteiger partial charge is 0.254 e. The zero-order chi connectivity index (χ0) is 26.2. The largest absolute Gasteiger partial charge is 0.497 e. The lowest BCUT2D eigenvalue weighted by atomic mass is 10.1. The monoisotopic (exact) mass is 501 g/mol. The van der Waals surface area contributed by atoms with Crippen LogP contribution >= 0.6 is 0 Å². The van der Waals surface area contributed by atoms with Gasteiger partial charge in [-0.05, 0) is 56.2 Å². The average molecular weight is 502 g/mol. The van der Waals surface area contributed by atoms with Gasteiger partial charge in [0.15, 0.2) is 5.82 Å². The Morgan fingerprint density at radius 3 is 2.49 bits per heavy atom. The van der Waals surface area contributed by atoms with Crippen LogP contribution in [0.15, 0.2) is 66.7 Å². The molecule has 1 atom stereocenters. The van der Waals surface area contributed by atoms with Gasteiger partial charge in [-0.15, -0.1) is 10.2 Å². The van der Waals surface area contributed by atoms with Crippen molar-refractivity contribution in [2.45, 2.75) is 32.7 Å². The van der Waals surface area contributed by atoms with E-state index in [-0.39, 0.29) is 24.4 Å². The molecule has 0 N–H and O–H groups in total. The highest BCUT2D eigenvalue weighted by atomic mass is 16.5. The molecule has 2 heterocycles. The number of anilines is 1. The van der Waals surface area contributed by atoms with Crippen molar-refractivity contribution in [3.8, 4) is 17.0 Å². The summed E-state index contributed by atoms with van der Waals surface area (Å²) in [5.74, 6) is 1.44. The molecule has 2 amide bonds. The average Bonchev–Trinajstić information content (AvgIpc) is 3.22. The third-order valence-corrected chi connectivity index (χ3v) is 6.90. The third-order valence-electron chi connectivity index (χ3n) is 6.90. The van der Waals surface area contributed by atoms with Gasteiger partial charge in [-0.25, -0.2) is 0 Å². The first-order valence-corrected chi connectivity index (χ1v) is 12.9. The van der Waals surface area contributed by atoms with E-state index >= 15 is 0 Å². The quantitative estimate of drug-likeness (QED) is 0.462. The van der Waals surface area contributed by atoms with E-state index in [2.05, 4.69) is 15.1 Å². The lowest BCUT2D eigenvalue weighted by Gasteiger charge is -2.31. The van der Waals surface area contributed by atoms with E-state index in [1.165, 1.54) is 0 Å². The summed E-state index contributed by atoms with van der Waals surface area (Å²) >= 11 is 0. The highest BCUT2D eigenvalue weighted by Gasteiger charge is 2.27. The van der Waals surface area contributed by atoms with Crippen LogP contribution < -0.4 is 9.64 Å². The number of aromatic nitrogens is 2. The second kappa shape index (κ2) is 12.3. The molecule has 194 valence electrons. The first kappa shape index (κ1) is 26.1. The Morgan fingerprint density at radius 1 is 0.973 bits per heavy atom. The summed E-state index contributed by atoms with van der Waals surface area (Å²) in [6.07, 6.45) is 1.60. The summed E-state index contributed by atoms with van der Waals surface area (Å²) in [6.45, 7) is 6.78. The van der Waals surface area contributed by atoms with E-state index in [0.29, 0.717) is 25.2 Å². The molecule has 0 bridgehead atoms. The summed E-state index contributed by atoms with van der Waals surface area (Å²) < 4.78 is 5.31. The number of ether oxygens (including phenoxy) is 1. The van der Waals surface area contributed by atoms with Gasteiger partial charge in [-0.2, -0.15) is 0 Å². The fourth-order valence-corrected chi connectivity index (χ4v) is 4.47. The molecule has 4 rings (SSSR count). The van der Waals surface area contributed by atoms with Gasteiger partial charge in [0.2, 0.25) is 5.91 Å². The van der Waals surface area contributed by atoms with Gasteiger partial charge >= 0.3 is 0 Å². The Kier molecular flexibility index (Phi) is 8.72. The predicted octanol–water partition coefficient (Wildman–Crippen LogP) is 4.13. The molecule has 2 aromatic carbocycles. The van der Waals surface area contributed by atoms with Crippen LogP contribution in [0.3, 0.4) is 0 Å². The summed E-state index contributed by atoms with van der Waals surface area (Å²) in [7, 11) is 1.64. The molecular formula is C29H35N5O3. The fourth-order valence-electron chi connectivity index (χ4n) is 4.47. The zero-order valence-electron chi connectivity index (χ0n) is 21.8. The Morgan fingerprint density at radius 2 is 1.78 bits per heavy atom. The Hall–Kier alpha value is -3.94.